The predicted molar refractivity (Wildman–Crippen MR) is 69.0 cm³/mol. The van der Waals surface area contributed by atoms with Crippen molar-refractivity contribution < 1.29 is 4.74 Å². The van der Waals surface area contributed by atoms with Gasteiger partial charge >= 0.3 is 0 Å². The van der Waals surface area contributed by atoms with Gasteiger partial charge in [0.05, 0.1) is 6.61 Å². The summed E-state index contributed by atoms with van der Waals surface area (Å²) in [5, 5.41) is 5.88. The first-order valence-electron chi connectivity index (χ1n) is 6.18. The molecular formula is C13H21NOS. The van der Waals surface area contributed by atoms with Gasteiger partial charge in [-0.1, -0.05) is 6.92 Å². The summed E-state index contributed by atoms with van der Waals surface area (Å²) in [5.41, 5.74) is 1.48. The van der Waals surface area contributed by atoms with Crippen LogP contribution in [0.25, 0.3) is 0 Å². The molecule has 2 heterocycles. The summed E-state index contributed by atoms with van der Waals surface area (Å²) < 4.78 is 5.52. The summed E-state index contributed by atoms with van der Waals surface area (Å²) in [5.74, 6) is 0.653. The molecular weight excluding hydrogens is 218 g/mol. The average molecular weight is 239 g/mol. The Bertz CT molecular complexity index is 317. The fourth-order valence-corrected chi connectivity index (χ4v) is 3.11. The van der Waals surface area contributed by atoms with Crippen LogP contribution in [0.1, 0.15) is 36.2 Å². The number of hydrogen-bond acceptors (Lipinski definition) is 3. The Morgan fingerprint density at radius 1 is 1.62 bits per heavy atom. The molecule has 0 bridgehead atoms. The zero-order chi connectivity index (χ0) is 11.4. The number of hydrogen-bond donors (Lipinski definition) is 1. The van der Waals surface area contributed by atoms with E-state index in [1.54, 1.807) is 0 Å². The van der Waals surface area contributed by atoms with Crippen LogP contribution in [-0.2, 0) is 4.74 Å². The summed E-state index contributed by atoms with van der Waals surface area (Å²) in [6, 6.07) is 2.76. The van der Waals surface area contributed by atoms with E-state index < -0.39 is 0 Å². The maximum Gasteiger partial charge on any atom is 0.0513 e. The van der Waals surface area contributed by atoms with Gasteiger partial charge in [0.2, 0.25) is 0 Å². The van der Waals surface area contributed by atoms with Crippen molar-refractivity contribution in [2.24, 2.45) is 5.92 Å². The smallest absolute Gasteiger partial charge is 0.0513 e. The molecule has 1 aliphatic heterocycles. The zero-order valence-electron chi connectivity index (χ0n) is 10.2. The van der Waals surface area contributed by atoms with E-state index in [4.69, 9.17) is 4.74 Å². The SMILES string of the molecule is CCCNC(c1ccsc1C)C1CCOC1. The van der Waals surface area contributed by atoms with Gasteiger partial charge in [0, 0.05) is 23.4 Å². The van der Waals surface area contributed by atoms with Crippen LogP contribution in [0.5, 0.6) is 0 Å². The minimum absolute atomic E-state index is 0.494. The Balaban J connectivity index is 2.10. The van der Waals surface area contributed by atoms with E-state index in [1.165, 1.54) is 23.3 Å². The van der Waals surface area contributed by atoms with Gasteiger partial charge < -0.3 is 10.1 Å². The lowest BCUT2D eigenvalue weighted by atomic mass is 9.92. The molecule has 1 N–H and O–H groups in total. The first-order chi connectivity index (χ1) is 7.83. The number of nitrogens with one attached hydrogen (secondary N) is 1. The van der Waals surface area contributed by atoms with Crippen LogP contribution < -0.4 is 5.32 Å². The molecule has 16 heavy (non-hydrogen) atoms. The first kappa shape index (κ1) is 12.1. The lowest BCUT2D eigenvalue weighted by Gasteiger charge is -2.24. The Morgan fingerprint density at radius 2 is 2.50 bits per heavy atom. The van der Waals surface area contributed by atoms with Gasteiger partial charge in [-0.05, 0) is 43.3 Å². The van der Waals surface area contributed by atoms with E-state index in [9.17, 15) is 0 Å². The van der Waals surface area contributed by atoms with E-state index in [1.807, 2.05) is 11.3 Å². The van der Waals surface area contributed by atoms with Crippen molar-refractivity contribution in [1.82, 2.24) is 5.32 Å². The van der Waals surface area contributed by atoms with E-state index in [-0.39, 0.29) is 0 Å². The fraction of sp³-hybridized carbons (Fsp3) is 0.692. The maximum absolute atomic E-state index is 5.52. The molecule has 0 amide bonds. The highest BCUT2D eigenvalue weighted by Crippen LogP contribution is 2.32. The molecule has 0 aromatic carbocycles. The van der Waals surface area contributed by atoms with Crippen LogP contribution in [-0.4, -0.2) is 19.8 Å². The third-order valence-corrected chi connectivity index (χ3v) is 4.15. The van der Waals surface area contributed by atoms with E-state index in [0.717, 1.165) is 19.8 Å². The number of ether oxygens (including phenoxy) is 1. The standard InChI is InChI=1S/C13H21NOS/c1-3-6-14-13(11-4-7-15-9-11)12-5-8-16-10(12)2/h5,8,11,13-14H,3-4,6-7,9H2,1-2H3. The highest BCUT2D eigenvalue weighted by atomic mass is 32.1. The third-order valence-electron chi connectivity index (χ3n) is 3.28. The average Bonchev–Trinajstić information content (AvgIpc) is 2.91. The third kappa shape index (κ3) is 2.65. The van der Waals surface area contributed by atoms with E-state index in [0.29, 0.717) is 12.0 Å². The normalized spacial score (nSPS) is 22.5. The van der Waals surface area contributed by atoms with Crippen molar-refractivity contribution in [2.75, 3.05) is 19.8 Å². The maximum atomic E-state index is 5.52. The summed E-state index contributed by atoms with van der Waals surface area (Å²) in [6.07, 6.45) is 2.38. The van der Waals surface area contributed by atoms with Crippen molar-refractivity contribution in [3.8, 4) is 0 Å². The van der Waals surface area contributed by atoms with Gasteiger partial charge in [-0.25, -0.2) is 0 Å². The Hall–Kier alpha value is -0.380. The van der Waals surface area contributed by atoms with Crippen LogP contribution in [0.2, 0.25) is 0 Å². The van der Waals surface area contributed by atoms with Gasteiger partial charge in [-0.3, -0.25) is 0 Å². The molecule has 2 nitrogen and oxygen atoms in total. The predicted octanol–water partition coefficient (Wildman–Crippen LogP) is 3.13. The number of rotatable bonds is 5. The molecule has 0 radical (unpaired) electrons. The molecule has 2 atom stereocenters. The lowest BCUT2D eigenvalue weighted by molar-refractivity contribution is 0.176. The number of thiophene rings is 1. The molecule has 0 aliphatic carbocycles. The van der Waals surface area contributed by atoms with Gasteiger partial charge in [-0.2, -0.15) is 0 Å². The van der Waals surface area contributed by atoms with Gasteiger partial charge in [0.1, 0.15) is 0 Å². The highest BCUT2D eigenvalue weighted by molar-refractivity contribution is 7.10. The molecule has 3 heteroatoms. The molecule has 1 aromatic heterocycles. The van der Waals surface area contributed by atoms with Crippen LogP contribution in [0.15, 0.2) is 11.4 Å². The van der Waals surface area contributed by atoms with Crippen molar-refractivity contribution >= 4 is 11.3 Å². The second kappa shape index (κ2) is 5.80. The van der Waals surface area contributed by atoms with Crippen LogP contribution in [0.4, 0.5) is 0 Å². The molecule has 1 aromatic rings. The van der Waals surface area contributed by atoms with Crippen LogP contribution in [0, 0.1) is 12.8 Å². The second-order valence-electron chi connectivity index (χ2n) is 4.49. The van der Waals surface area contributed by atoms with Gasteiger partial charge in [0.15, 0.2) is 0 Å². The van der Waals surface area contributed by atoms with Crippen molar-refractivity contribution in [3.05, 3.63) is 21.9 Å². The van der Waals surface area contributed by atoms with Crippen LogP contribution >= 0.6 is 11.3 Å². The first-order valence-corrected chi connectivity index (χ1v) is 7.06. The summed E-state index contributed by atoms with van der Waals surface area (Å²) in [4.78, 5) is 1.44. The van der Waals surface area contributed by atoms with Gasteiger partial charge in [-0.15, -0.1) is 11.3 Å². The molecule has 1 saturated heterocycles. The van der Waals surface area contributed by atoms with E-state index in [2.05, 4.69) is 30.6 Å². The molecule has 90 valence electrons. The largest absolute Gasteiger partial charge is 0.381 e. The van der Waals surface area contributed by atoms with Crippen molar-refractivity contribution in [2.45, 2.75) is 32.7 Å². The molecule has 1 aliphatic rings. The molecule has 1 fully saturated rings. The van der Waals surface area contributed by atoms with Crippen molar-refractivity contribution in [1.29, 1.82) is 0 Å². The van der Waals surface area contributed by atoms with Gasteiger partial charge in [0.25, 0.3) is 0 Å². The monoisotopic (exact) mass is 239 g/mol. The fourth-order valence-electron chi connectivity index (χ4n) is 2.36. The van der Waals surface area contributed by atoms with E-state index >= 15 is 0 Å². The summed E-state index contributed by atoms with van der Waals surface area (Å²) in [7, 11) is 0. The molecule has 0 spiro atoms. The number of aryl methyl sites for hydroxylation is 1. The Morgan fingerprint density at radius 3 is 3.06 bits per heavy atom. The molecule has 2 unspecified atom stereocenters. The quantitative estimate of drug-likeness (QED) is 0.852. The Kier molecular flexibility index (Phi) is 4.38. The van der Waals surface area contributed by atoms with Crippen LogP contribution in [0.3, 0.4) is 0 Å². The highest BCUT2D eigenvalue weighted by Gasteiger charge is 2.27. The van der Waals surface area contributed by atoms with Crippen molar-refractivity contribution in [3.63, 3.8) is 0 Å². The zero-order valence-corrected chi connectivity index (χ0v) is 11.0. The summed E-state index contributed by atoms with van der Waals surface area (Å²) in [6.45, 7) is 7.37. The lowest BCUT2D eigenvalue weighted by Crippen LogP contribution is -2.29. The molecule has 2 rings (SSSR count). The minimum Gasteiger partial charge on any atom is -0.381 e. The minimum atomic E-state index is 0.494. The Labute approximate surface area is 102 Å². The molecule has 0 saturated carbocycles. The topological polar surface area (TPSA) is 21.3 Å². The summed E-state index contributed by atoms with van der Waals surface area (Å²) >= 11 is 1.84. The second-order valence-corrected chi connectivity index (χ2v) is 5.61.